The molecule has 154 valence electrons. The molecule has 0 saturated heterocycles. The highest BCUT2D eigenvalue weighted by atomic mass is 32.2. The van der Waals surface area contributed by atoms with Crippen LogP contribution in [0.5, 0.6) is 11.5 Å². The summed E-state index contributed by atoms with van der Waals surface area (Å²) >= 11 is 1.35. The van der Waals surface area contributed by atoms with Crippen molar-refractivity contribution in [2.24, 2.45) is 0 Å². The number of hydrogen-bond donors (Lipinski definition) is 0. The molecular weight excluding hydrogens is 398 g/mol. The number of alkyl halides is 2. The summed E-state index contributed by atoms with van der Waals surface area (Å²) < 4.78 is 40.1. The van der Waals surface area contributed by atoms with Gasteiger partial charge in [0.05, 0.1) is 7.11 Å². The van der Waals surface area contributed by atoms with Crippen LogP contribution in [0.3, 0.4) is 0 Å². The Morgan fingerprint density at radius 2 is 1.76 bits per heavy atom. The lowest BCUT2D eigenvalue weighted by molar-refractivity contribution is -0.0512. The van der Waals surface area contributed by atoms with Crippen LogP contribution in [0, 0.1) is 0 Å². The van der Waals surface area contributed by atoms with E-state index in [1.54, 1.807) is 12.1 Å². The first-order chi connectivity index (χ1) is 13.8. The Morgan fingerprint density at radius 3 is 2.38 bits per heavy atom. The van der Waals surface area contributed by atoms with E-state index in [9.17, 15) is 8.78 Å². The lowest BCUT2D eigenvalue weighted by Crippen LogP contribution is -2.10. The molecule has 5 nitrogen and oxygen atoms in total. The van der Waals surface area contributed by atoms with Gasteiger partial charge in [-0.05, 0) is 40.8 Å². The minimum absolute atomic E-state index is 0.00460. The monoisotopic (exact) mass is 420 g/mol. The number of nitrogens with zero attached hydrogens (tertiary/aromatic N) is 2. The van der Waals surface area contributed by atoms with Crippen LogP contribution in [0.2, 0.25) is 0 Å². The van der Waals surface area contributed by atoms with Crippen LogP contribution in [0.25, 0.3) is 11.5 Å². The van der Waals surface area contributed by atoms with E-state index in [0.29, 0.717) is 16.9 Å². The highest BCUT2D eigenvalue weighted by Gasteiger charge is 2.15. The zero-order valence-electron chi connectivity index (χ0n) is 16.6. The van der Waals surface area contributed by atoms with Gasteiger partial charge in [-0.15, -0.1) is 10.2 Å². The van der Waals surface area contributed by atoms with E-state index < -0.39 is 6.61 Å². The molecule has 29 heavy (non-hydrogen) atoms. The molecule has 0 bridgehead atoms. The van der Waals surface area contributed by atoms with Crippen molar-refractivity contribution in [3.8, 4) is 23.0 Å². The summed E-state index contributed by atoms with van der Waals surface area (Å²) in [4.78, 5) is 0. The molecule has 1 aromatic heterocycles. The van der Waals surface area contributed by atoms with Crippen LogP contribution in [0.1, 0.15) is 31.9 Å². The van der Waals surface area contributed by atoms with Crippen molar-refractivity contribution >= 4 is 11.8 Å². The van der Waals surface area contributed by atoms with E-state index in [1.807, 2.05) is 12.1 Å². The molecule has 1 heterocycles. The molecule has 8 heteroatoms. The van der Waals surface area contributed by atoms with Gasteiger partial charge in [0, 0.05) is 11.3 Å². The number of ether oxygens (including phenoxy) is 2. The highest BCUT2D eigenvalue weighted by molar-refractivity contribution is 7.98. The molecule has 0 radical (unpaired) electrons. The molecule has 0 amide bonds. The van der Waals surface area contributed by atoms with Crippen molar-refractivity contribution in [1.29, 1.82) is 0 Å². The second-order valence-electron chi connectivity index (χ2n) is 7.35. The average Bonchev–Trinajstić information content (AvgIpc) is 3.15. The van der Waals surface area contributed by atoms with Gasteiger partial charge in [0.25, 0.3) is 5.22 Å². The number of rotatable bonds is 7. The van der Waals surface area contributed by atoms with E-state index >= 15 is 0 Å². The Hall–Kier alpha value is -2.61. The van der Waals surface area contributed by atoms with Crippen molar-refractivity contribution < 1.29 is 22.7 Å². The number of methoxy groups -OCH3 is 1. The maximum absolute atomic E-state index is 12.4. The maximum Gasteiger partial charge on any atom is 0.387 e. The molecule has 0 spiro atoms. The first-order valence-corrected chi connectivity index (χ1v) is 9.94. The smallest absolute Gasteiger partial charge is 0.387 e. The van der Waals surface area contributed by atoms with Crippen LogP contribution >= 0.6 is 11.8 Å². The van der Waals surface area contributed by atoms with Gasteiger partial charge in [0.1, 0.15) is 0 Å². The average molecular weight is 420 g/mol. The normalized spacial score (nSPS) is 11.7. The Morgan fingerprint density at radius 1 is 1.03 bits per heavy atom. The van der Waals surface area contributed by atoms with Crippen molar-refractivity contribution in [2.45, 2.75) is 43.8 Å². The minimum atomic E-state index is -2.90. The van der Waals surface area contributed by atoms with Gasteiger partial charge < -0.3 is 13.9 Å². The molecule has 3 rings (SSSR count). The lowest BCUT2D eigenvalue weighted by atomic mass is 9.87. The molecule has 2 aromatic carbocycles. The number of benzene rings is 2. The van der Waals surface area contributed by atoms with Crippen molar-refractivity contribution in [3.05, 3.63) is 53.6 Å². The van der Waals surface area contributed by atoms with E-state index in [1.165, 1.54) is 30.5 Å². The fraction of sp³-hybridized carbons (Fsp3) is 0.333. The molecule has 0 saturated carbocycles. The topological polar surface area (TPSA) is 57.4 Å². The number of hydrogen-bond acceptors (Lipinski definition) is 6. The summed E-state index contributed by atoms with van der Waals surface area (Å²) in [5.74, 6) is 1.20. The second kappa shape index (κ2) is 8.82. The summed E-state index contributed by atoms with van der Waals surface area (Å²) in [5.41, 5.74) is 3.00. The highest BCUT2D eigenvalue weighted by Crippen LogP contribution is 2.33. The molecule has 0 fully saturated rings. The number of aromatic nitrogens is 2. The Balaban J connectivity index is 1.66. The Labute approximate surface area is 172 Å². The summed E-state index contributed by atoms with van der Waals surface area (Å²) in [7, 11) is 1.40. The Bertz CT molecular complexity index is 953. The van der Waals surface area contributed by atoms with E-state index in [4.69, 9.17) is 9.15 Å². The van der Waals surface area contributed by atoms with Crippen LogP contribution in [-0.4, -0.2) is 23.9 Å². The van der Waals surface area contributed by atoms with Crippen molar-refractivity contribution in [2.75, 3.05) is 7.11 Å². The quantitative estimate of drug-likeness (QED) is 0.441. The first kappa shape index (κ1) is 21.1. The van der Waals surface area contributed by atoms with Crippen molar-refractivity contribution in [3.63, 3.8) is 0 Å². The summed E-state index contributed by atoms with van der Waals surface area (Å²) in [6.45, 7) is 3.57. The lowest BCUT2D eigenvalue weighted by Gasteiger charge is -2.18. The molecule has 0 aliphatic heterocycles. The maximum atomic E-state index is 12.4. The van der Waals surface area contributed by atoms with Gasteiger partial charge in [0.15, 0.2) is 11.5 Å². The third kappa shape index (κ3) is 5.47. The fourth-order valence-corrected chi connectivity index (χ4v) is 3.34. The third-order valence-corrected chi connectivity index (χ3v) is 5.10. The van der Waals surface area contributed by atoms with E-state index in [-0.39, 0.29) is 16.9 Å². The summed E-state index contributed by atoms with van der Waals surface area (Å²) in [6, 6.07) is 12.8. The molecule has 3 aromatic rings. The molecule has 0 N–H and O–H groups in total. The van der Waals surface area contributed by atoms with Crippen LogP contribution in [-0.2, 0) is 11.2 Å². The standard InChI is InChI=1S/C21H22F2N2O3S/c1-21(2,3)15-8-6-14(7-9-15)18-24-25-20(28-18)29-12-13-5-10-16(27-19(22)23)17(11-13)26-4/h5-11,19H,12H2,1-4H3. The molecule has 0 aliphatic rings. The number of halogens is 2. The fourth-order valence-electron chi connectivity index (χ4n) is 2.64. The SMILES string of the molecule is COc1cc(CSc2nnc(-c3ccc(C(C)(C)C)cc3)o2)ccc1OC(F)F. The van der Waals surface area contributed by atoms with E-state index in [0.717, 1.165) is 11.1 Å². The third-order valence-electron chi connectivity index (χ3n) is 4.21. The summed E-state index contributed by atoms with van der Waals surface area (Å²) in [6.07, 6.45) is 0. The molecule has 0 aliphatic carbocycles. The van der Waals surface area contributed by atoms with Crippen LogP contribution in [0.4, 0.5) is 8.78 Å². The zero-order chi connectivity index (χ0) is 21.0. The predicted octanol–water partition coefficient (Wildman–Crippen LogP) is 5.94. The van der Waals surface area contributed by atoms with E-state index in [2.05, 4.69) is 47.8 Å². The van der Waals surface area contributed by atoms with Crippen LogP contribution < -0.4 is 9.47 Å². The van der Waals surface area contributed by atoms with Gasteiger partial charge in [-0.3, -0.25) is 0 Å². The van der Waals surface area contributed by atoms with Gasteiger partial charge in [-0.25, -0.2) is 0 Å². The van der Waals surface area contributed by atoms with Gasteiger partial charge in [0.2, 0.25) is 5.89 Å². The summed E-state index contributed by atoms with van der Waals surface area (Å²) in [5, 5.41) is 8.60. The van der Waals surface area contributed by atoms with Gasteiger partial charge >= 0.3 is 6.61 Å². The zero-order valence-corrected chi connectivity index (χ0v) is 17.4. The van der Waals surface area contributed by atoms with Crippen LogP contribution in [0.15, 0.2) is 52.1 Å². The minimum Gasteiger partial charge on any atom is -0.493 e. The number of thioether (sulfide) groups is 1. The Kier molecular flexibility index (Phi) is 6.42. The van der Waals surface area contributed by atoms with Gasteiger partial charge in [-0.2, -0.15) is 8.78 Å². The predicted molar refractivity (Wildman–Crippen MR) is 108 cm³/mol. The molecule has 0 unspecified atom stereocenters. The second-order valence-corrected chi connectivity index (χ2v) is 8.28. The van der Waals surface area contributed by atoms with Crippen molar-refractivity contribution in [1.82, 2.24) is 10.2 Å². The van der Waals surface area contributed by atoms with Gasteiger partial charge in [-0.1, -0.05) is 50.7 Å². The molecule has 0 atom stereocenters. The first-order valence-electron chi connectivity index (χ1n) is 8.95. The largest absolute Gasteiger partial charge is 0.493 e. The molecular formula is C21H22F2N2O3S.